The van der Waals surface area contributed by atoms with Crippen LogP contribution in [-0.2, 0) is 9.53 Å². The van der Waals surface area contributed by atoms with Crippen molar-refractivity contribution in [2.24, 2.45) is 0 Å². The zero-order valence-corrected chi connectivity index (χ0v) is 14.4. The van der Waals surface area contributed by atoms with Crippen molar-refractivity contribution in [3.63, 3.8) is 0 Å². The first-order valence-electron chi connectivity index (χ1n) is 7.88. The fraction of sp³-hybridized carbons (Fsp3) is 0.556. The molecule has 0 heterocycles. The molecule has 0 bridgehead atoms. The molecule has 0 spiro atoms. The van der Waals surface area contributed by atoms with E-state index in [4.69, 9.17) is 4.74 Å². The lowest BCUT2D eigenvalue weighted by Gasteiger charge is -2.17. The lowest BCUT2D eigenvalue weighted by molar-refractivity contribution is -0.140. The molecule has 1 rings (SSSR count). The summed E-state index contributed by atoms with van der Waals surface area (Å²) in [6.07, 6.45) is 4.84. The van der Waals surface area contributed by atoms with Gasteiger partial charge in [-0.15, -0.1) is 0 Å². The van der Waals surface area contributed by atoms with E-state index in [9.17, 15) is 4.79 Å². The van der Waals surface area contributed by atoms with Gasteiger partial charge in [-0.25, -0.2) is 0 Å². The molecule has 0 aliphatic carbocycles. The molecule has 0 radical (unpaired) electrons. The van der Waals surface area contributed by atoms with Gasteiger partial charge in [0.15, 0.2) is 0 Å². The monoisotopic (exact) mass is 308 g/mol. The lowest BCUT2D eigenvalue weighted by Crippen LogP contribution is -2.07. The largest absolute Gasteiger partial charge is 0.469 e. The van der Waals surface area contributed by atoms with Crippen LogP contribution in [0.4, 0.5) is 0 Å². The van der Waals surface area contributed by atoms with Gasteiger partial charge in [-0.05, 0) is 47.6 Å². The Balaban J connectivity index is 2.93. The Labute approximate surface area is 131 Å². The molecule has 3 heteroatoms. The number of methoxy groups -OCH3 is 1. The van der Waals surface area contributed by atoms with Gasteiger partial charge in [0.05, 0.1) is 7.11 Å². The van der Waals surface area contributed by atoms with E-state index in [1.54, 1.807) is 4.86 Å². The number of esters is 1. The van der Waals surface area contributed by atoms with E-state index in [0.29, 0.717) is 16.9 Å². The van der Waals surface area contributed by atoms with Gasteiger partial charge in [0.1, 0.15) is 0 Å². The van der Waals surface area contributed by atoms with E-state index in [-0.39, 0.29) is 5.97 Å². The molecule has 21 heavy (non-hydrogen) atoms. The molecule has 0 saturated heterocycles. The van der Waals surface area contributed by atoms with Crippen LogP contribution in [0.2, 0.25) is 0 Å². The predicted octanol–water partition coefficient (Wildman–Crippen LogP) is 4.64. The van der Waals surface area contributed by atoms with Gasteiger partial charge in [-0.1, -0.05) is 44.2 Å². The Bertz CT molecular complexity index is 444. The summed E-state index contributed by atoms with van der Waals surface area (Å²) in [7, 11) is 1.80. The minimum atomic E-state index is -0.103. The SMILES string of the molecule is CCCS(CCC)=C(CCCC(=O)OC)c1ccccc1. The van der Waals surface area contributed by atoms with Crippen LogP contribution in [0, 0.1) is 0 Å². The van der Waals surface area contributed by atoms with Crippen molar-refractivity contribution in [2.45, 2.75) is 46.0 Å². The number of hydrogen-bond donors (Lipinski definition) is 0. The van der Waals surface area contributed by atoms with Crippen LogP contribution in [0.1, 0.15) is 51.5 Å². The average Bonchev–Trinajstić information content (AvgIpc) is 2.52. The highest BCUT2D eigenvalue weighted by Crippen LogP contribution is 2.25. The maximum absolute atomic E-state index is 11.3. The van der Waals surface area contributed by atoms with E-state index < -0.39 is 0 Å². The van der Waals surface area contributed by atoms with Crippen molar-refractivity contribution in [3.05, 3.63) is 35.9 Å². The highest BCUT2D eigenvalue weighted by molar-refractivity contribution is 8.16. The average molecular weight is 308 g/mol. The summed E-state index contributed by atoms with van der Waals surface area (Å²) < 4.78 is 4.75. The Morgan fingerprint density at radius 1 is 1.05 bits per heavy atom. The fourth-order valence-corrected chi connectivity index (χ4v) is 5.00. The number of ether oxygens (including phenoxy) is 1. The maximum atomic E-state index is 11.3. The van der Waals surface area contributed by atoms with Crippen molar-refractivity contribution < 1.29 is 9.53 Å². The summed E-state index contributed by atoms with van der Waals surface area (Å²) in [6, 6.07) is 10.7. The first kappa shape index (κ1) is 18.0. The Morgan fingerprint density at radius 2 is 1.67 bits per heavy atom. The summed E-state index contributed by atoms with van der Waals surface area (Å²) in [5.74, 6) is 2.42. The van der Waals surface area contributed by atoms with E-state index in [1.165, 1.54) is 37.0 Å². The molecule has 0 unspecified atom stereocenters. The molecular weight excluding hydrogens is 280 g/mol. The van der Waals surface area contributed by atoms with E-state index in [2.05, 4.69) is 44.2 Å². The van der Waals surface area contributed by atoms with Gasteiger partial charge >= 0.3 is 5.97 Å². The highest BCUT2D eigenvalue weighted by atomic mass is 32.2. The molecule has 118 valence electrons. The Morgan fingerprint density at radius 3 is 2.19 bits per heavy atom. The second-order valence-corrected chi connectivity index (χ2v) is 7.41. The van der Waals surface area contributed by atoms with Gasteiger partial charge in [0, 0.05) is 6.42 Å². The summed E-state index contributed by atoms with van der Waals surface area (Å²) >= 11 is 0. The number of hydrogen-bond acceptors (Lipinski definition) is 2. The summed E-state index contributed by atoms with van der Waals surface area (Å²) in [4.78, 5) is 12.9. The molecule has 1 aromatic carbocycles. The van der Waals surface area contributed by atoms with Gasteiger partial charge in [0.25, 0.3) is 0 Å². The standard InChI is InChI=1S/C18H28O2S/c1-4-14-21(15-5-2)17(12-9-13-18(19)20-3)16-10-7-6-8-11-16/h6-8,10-11H,4-5,9,12-15H2,1-3H3. The quantitative estimate of drug-likeness (QED) is 0.377. The van der Waals surface area contributed by atoms with Gasteiger partial charge in [-0.2, -0.15) is 10.5 Å². The highest BCUT2D eigenvalue weighted by Gasteiger charge is 2.09. The van der Waals surface area contributed by atoms with E-state index in [1.807, 2.05) is 0 Å². The Kier molecular flexibility index (Phi) is 9.07. The third kappa shape index (κ3) is 6.47. The third-order valence-electron chi connectivity index (χ3n) is 3.36. The van der Waals surface area contributed by atoms with Gasteiger partial charge in [-0.3, -0.25) is 4.79 Å². The molecule has 0 aliphatic heterocycles. The first-order chi connectivity index (χ1) is 10.2. The minimum absolute atomic E-state index is 0.103. The fourth-order valence-electron chi connectivity index (χ4n) is 2.42. The van der Waals surface area contributed by atoms with E-state index >= 15 is 0 Å². The second-order valence-electron chi connectivity index (χ2n) is 5.12. The summed E-state index contributed by atoms with van der Waals surface area (Å²) in [5, 5.41) is 0. The van der Waals surface area contributed by atoms with Crippen molar-refractivity contribution >= 4 is 21.3 Å². The van der Waals surface area contributed by atoms with Crippen LogP contribution in [0.3, 0.4) is 0 Å². The summed E-state index contributed by atoms with van der Waals surface area (Å²) in [6.45, 7) is 4.51. The molecule has 0 fully saturated rings. The Hall–Kier alpha value is -1.09. The van der Waals surface area contributed by atoms with Crippen LogP contribution in [0.15, 0.2) is 30.3 Å². The van der Waals surface area contributed by atoms with Crippen LogP contribution in [0.5, 0.6) is 0 Å². The predicted molar refractivity (Wildman–Crippen MR) is 94.3 cm³/mol. The number of benzene rings is 1. The number of carbonyl (C=O) groups excluding carboxylic acids is 1. The number of carbonyl (C=O) groups is 1. The number of rotatable bonds is 9. The summed E-state index contributed by atoms with van der Waals surface area (Å²) in [5.41, 5.74) is 1.35. The molecule has 2 nitrogen and oxygen atoms in total. The van der Waals surface area contributed by atoms with E-state index in [0.717, 1.165) is 12.8 Å². The van der Waals surface area contributed by atoms with Gasteiger partial charge < -0.3 is 4.74 Å². The first-order valence-corrected chi connectivity index (χ1v) is 9.44. The second kappa shape index (κ2) is 10.6. The molecule has 0 amide bonds. The van der Waals surface area contributed by atoms with Crippen LogP contribution in [-0.4, -0.2) is 29.4 Å². The molecule has 0 saturated carbocycles. The molecule has 0 N–H and O–H groups in total. The molecule has 1 aromatic rings. The minimum Gasteiger partial charge on any atom is -0.469 e. The third-order valence-corrected chi connectivity index (χ3v) is 6.30. The van der Waals surface area contributed by atoms with Crippen molar-refractivity contribution in [3.8, 4) is 0 Å². The molecular formula is C18H28O2S. The van der Waals surface area contributed by atoms with Gasteiger partial charge in [0.2, 0.25) is 0 Å². The van der Waals surface area contributed by atoms with Crippen LogP contribution < -0.4 is 0 Å². The van der Waals surface area contributed by atoms with Crippen molar-refractivity contribution in [1.29, 1.82) is 0 Å². The van der Waals surface area contributed by atoms with Crippen molar-refractivity contribution in [1.82, 2.24) is 0 Å². The maximum Gasteiger partial charge on any atom is 0.305 e. The van der Waals surface area contributed by atoms with Crippen molar-refractivity contribution in [2.75, 3.05) is 18.6 Å². The molecule has 0 aliphatic rings. The smallest absolute Gasteiger partial charge is 0.305 e. The zero-order valence-electron chi connectivity index (χ0n) is 13.6. The normalized spacial score (nSPS) is 10.7. The van der Waals surface area contributed by atoms with Crippen LogP contribution >= 0.6 is 10.5 Å². The lowest BCUT2D eigenvalue weighted by atomic mass is 10.1. The topological polar surface area (TPSA) is 26.3 Å². The zero-order chi connectivity index (χ0) is 15.5. The molecule has 0 aromatic heterocycles. The van der Waals surface area contributed by atoms with Crippen LogP contribution in [0.25, 0.3) is 0 Å². The molecule has 0 atom stereocenters.